The van der Waals surface area contributed by atoms with Gasteiger partial charge in [-0.25, -0.2) is 14.3 Å². The number of carbonyl (C=O) groups excluding carboxylic acids is 4. The Morgan fingerprint density at radius 1 is 0.462 bits per heavy atom. The summed E-state index contributed by atoms with van der Waals surface area (Å²) in [4.78, 5) is 117. The smallest absolute Gasteiger partial charge is 0.419 e. The largest absolute Gasteiger partial charge is 0.461 e. The maximum atomic E-state index is 14.4. The number of hydrogen-bond donors (Lipinski definition) is 2. The minimum absolute atomic E-state index is 0.0575. The van der Waals surface area contributed by atoms with Crippen molar-refractivity contribution in [2.24, 2.45) is 0 Å². The van der Waals surface area contributed by atoms with Crippen molar-refractivity contribution in [1.82, 2.24) is 14.5 Å². The summed E-state index contributed by atoms with van der Waals surface area (Å²) in [6.45, 7) is 2.15. The Labute approximate surface area is 531 Å². The Bertz CT molecular complexity index is 5600. The number of imidazole rings is 1. The van der Waals surface area contributed by atoms with Gasteiger partial charge in [-0.1, -0.05) is 67.6 Å². The summed E-state index contributed by atoms with van der Waals surface area (Å²) >= 11 is 5.69. The molecule has 6 heterocycles. The number of hydrogen-bond acceptors (Lipinski definition) is 18. The molecule has 6 aromatic heterocycles. The Kier molecular flexibility index (Phi) is 16.0. The van der Waals surface area contributed by atoms with Crippen LogP contribution in [0.25, 0.3) is 80.7 Å². The van der Waals surface area contributed by atoms with Gasteiger partial charge in [-0.3, -0.25) is 38.5 Å². The van der Waals surface area contributed by atoms with Crippen molar-refractivity contribution >= 4 is 150 Å². The molecule has 0 aliphatic heterocycles. The minimum atomic E-state index is -2.40. The maximum absolute atomic E-state index is 14.4. The van der Waals surface area contributed by atoms with Crippen LogP contribution in [-0.2, 0) is 38.3 Å². The molecule has 91 heavy (non-hydrogen) atoms. The summed E-state index contributed by atoms with van der Waals surface area (Å²) in [7, 11) is 0. The van der Waals surface area contributed by atoms with Crippen LogP contribution < -0.4 is 21.7 Å². The summed E-state index contributed by atoms with van der Waals surface area (Å²) < 4.78 is 18.4. The third kappa shape index (κ3) is 11.2. The summed E-state index contributed by atoms with van der Waals surface area (Å²) in [5.74, 6) is -1.73. The van der Waals surface area contributed by atoms with E-state index in [0.29, 0.717) is 85.4 Å². The zero-order chi connectivity index (χ0) is 63.3. The molecular weight excluding hydrogens is 1230 g/mol. The summed E-state index contributed by atoms with van der Waals surface area (Å²) in [6.07, 6.45) is 4.19. The molecule has 0 fully saturated rings. The van der Waals surface area contributed by atoms with Gasteiger partial charge in [0.25, 0.3) is 0 Å². The van der Waals surface area contributed by atoms with Gasteiger partial charge in [0.15, 0.2) is 32.9 Å². The summed E-state index contributed by atoms with van der Waals surface area (Å²) in [6, 6.07) is 51.2. The van der Waals surface area contributed by atoms with Crippen molar-refractivity contribution in [2.45, 2.75) is 37.9 Å². The fourth-order valence-corrected chi connectivity index (χ4v) is 15.3. The van der Waals surface area contributed by atoms with Crippen LogP contribution in [0, 0.1) is 6.92 Å². The van der Waals surface area contributed by atoms with E-state index < -0.39 is 48.0 Å². The first-order chi connectivity index (χ1) is 44.0. The SMILES string of the molecule is CCc1nc(C)cn1C(=O)OCC(O)(C(=O)c1ccc2sc3ccccc3c(=O)c2c1)c1ccc2sc3ccccc3c(=O)c2c1.O=C(Cc1ccncc1)OCC(O)(C(=O)c1ccc2sc3ccccc3c(=O)c2c1)c1ccc2sc3ccccc3c(=O)c2c1. The average Bonchev–Trinajstić information content (AvgIpc) is 1.31. The van der Waals surface area contributed by atoms with Gasteiger partial charge in [0.2, 0.25) is 11.6 Å². The van der Waals surface area contributed by atoms with Crippen LogP contribution in [0.15, 0.2) is 220 Å². The fraction of sp³-hybridized carbons (Fsp3) is 0.111. The number of benzene rings is 8. The minimum Gasteiger partial charge on any atom is -0.461 e. The molecule has 2 unspecified atom stereocenters. The van der Waals surface area contributed by atoms with Crippen molar-refractivity contribution < 1.29 is 38.9 Å². The van der Waals surface area contributed by atoms with Crippen LogP contribution in [0.5, 0.6) is 0 Å². The van der Waals surface area contributed by atoms with E-state index in [1.165, 1.54) is 80.4 Å². The van der Waals surface area contributed by atoms with Gasteiger partial charge in [0.1, 0.15) is 19.0 Å². The summed E-state index contributed by atoms with van der Waals surface area (Å²) in [5, 5.41) is 27.9. The lowest BCUT2D eigenvalue weighted by molar-refractivity contribution is -0.148. The normalized spacial score (nSPS) is 12.9. The molecule has 0 amide bonds. The predicted molar refractivity (Wildman–Crippen MR) is 361 cm³/mol. The van der Waals surface area contributed by atoms with Crippen LogP contribution in [0.1, 0.15) is 55.8 Å². The maximum Gasteiger partial charge on any atom is 0.419 e. The van der Waals surface area contributed by atoms with Crippen molar-refractivity contribution in [3.8, 4) is 0 Å². The number of esters is 1. The highest BCUT2D eigenvalue weighted by molar-refractivity contribution is 7.25. The van der Waals surface area contributed by atoms with Gasteiger partial charge in [-0.15, -0.1) is 45.3 Å². The highest BCUT2D eigenvalue weighted by Crippen LogP contribution is 2.36. The molecule has 2 atom stereocenters. The molecule has 8 aromatic carbocycles. The zero-order valence-electron chi connectivity index (χ0n) is 48.3. The number of ketones is 2. The number of nitrogens with zero attached hydrogens (tertiary/aromatic N) is 3. The lowest BCUT2D eigenvalue weighted by atomic mass is 9.85. The van der Waals surface area contributed by atoms with E-state index in [4.69, 9.17) is 9.47 Å². The van der Waals surface area contributed by atoms with Crippen molar-refractivity contribution in [3.63, 3.8) is 0 Å². The van der Waals surface area contributed by atoms with E-state index in [2.05, 4.69) is 9.97 Å². The molecule has 0 spiro atoms. The number of aliphatic hydroxyl groups is 2. The van der Waals surface area contributed by atoms with Crippen LogP contribution >= 0.6 is 45.3 Å². The Balaban J connectivity index is 0.000000167. The first-order valence-corrected chi connectivity index (χ1v) is 31.9. The van der Waals surface area contributed by atoms with Crippen LogP contribution in [0.4, 0.5) is 4.79 Å². The van der Waals surface area contributed by atoms with Crippen molar-refractivity contribution in [2.75, 3.05) is 13.2 Å². The van der Waals surface area contributed by atoms with Crippen LogP contribution in [0.3, 0.4) is 0 Å². The molecule has 0 saturated heterocycles. The second kappa shape index (κ2) is 24.3. The fourth-order valence-electron chi connectivity index (χ4n) is 11.1. The van der Waals surface area contributed by atoms with E-state index in [0.717, 1.165) is 18.8 Å². The third-order valence-corrected chi connectivity index (χ3v) is 20.5. The van der Waals surface area contributed by atoms with Crippen molar-refractivity contribution in [1.29, 1.82) is 0 Å². The molecule has 0 aliphatic carbocycles. The van der Waals surface area contributed by atoms with Gasteiger partial charge in [0.05, 0.1) is 12.1 Å². The Morgan fingerprint density at radius 2 is 0.824 bits per heavy atom. The number of aryl methyl sites for hydroxylation is 2. The standard InChI is InChI=1S/C36H26N2O6S2.C36H23NO6S2/c1-3-31-37-20(2)18-38(31)35(42)44-19-36(43,22-13-15-30-26(17-22)33(40)24-9-5-7-11-28(24)46-30)34(41)21-12-14-29-25(16-21)32(39)23-8-4-6-10-27(23)45-29;38-32(17-21-13-15-37-16-14-21)43-20-36(42,23-10-12-31-27(19-23)34(40)25-6-2-4-8-29(25)45-31)35(41)22-9-11-30-26(18-22)33(39)24-5-1-3-7-28(24)44-30/h4-18,43H,3,19H2,1-2H3;1-16,18-19,42H,17,20H2. The van der Waals surface area contributed by atoms with E-state index in [9.17, 15) is 48.6 Å². The topological polar surface area (TPSA) is 226 Å². The third-order valence-electron chi connectivity index (χ3n) is 15.9. The molecule has 14 aromatic rings. The lowest BCUT2D eigenvalue weighted by Crippen LogP contribution is -2.42. The highest BCUT2D eigenvalue weighted by atomic mass is 32.1. The predicted octanol–water partition coefficient (Wildman–Crippen LogP) is 13.4. The number of carbonyl (C=O) groups is 4. The first-order valence-electron chi connectivity index (χ1n) is 28.6. The van der Waals surface area contributed by atoms with E-state index >= 15 is 0 Å². The number of fused-ring (bicyclic) bond motifs is 8. The molecule has 15 nitrogen and oxygen atoms in total. The molecule has 0 aliphatic rings. The highest BCUT2D eigenvalue weighted by Gasteiger charge is 2.43. The average molecular weight is 1280 g/mol. The van der Waals surface area contributed by atoms with Gasteiger partial charge in [-0.2, -0.15) is 0 Å². The molecule has 0 saturated carbocycles. The molecular formula is C72H49N3O12S4. The molecule has 448 valence electrons. The van der Waals surface area contributed by atoms with Crippen LogP contribution in [-0.4, -0.2) is 61.6 Å². The van der Waals surface area contributed by atoms with E-state index in [1.54, 1.807) is 129 Å². The zero-order valence-corrected chi connectivity index (χ0v) is 51.6. The van der Waals surface area contributed by atoms with Crippen LogP contribution in [0.2, 0.25) is 0 Å². The first kappa shape index (κ1) is 59.8. The van der Waals surface area contributed by atoms with E-state index in [1.807, 2.05) is 55.5 Å². The number of pyridine rings is 1. The second-order valence-corrected chi connectivity index (χ2v) is 26.0. The lowest BCUT2D eigenvalue weighted by Gasteiger charge is -2.27. The monoisotopic (exact) mass is 1280 g/mol. The van der Waals surface area contributed by atoms with Gasteiger partial charge in [-0.05, 0) is 145 Å². The quantitative estimate of drug-likeness (QED) is 0.0622. The Hall–Kier alpha value is -10.1. The van der Waals surface area contributed by atoms with E-state index in [-0.39, 0.29) is 50.4 Å². The Morgan fingerprint density at radius 3 is 1.23 bits per heavy atom. The molecule has 0 bridgehead atoms. The summed E-state index contributed by atoms with van der Waals surface area (Å²) in [5.41, 5.74) is -4.11. The molecule has 14 rings (SSSR count). The number of ether oxygens (including phenoxy) is 2. The van der Waals surface area contributed by atoms with Gasteiger partial charge < -0.3 is 19.7 Å². The van der Waals surface area contributed by atoms with Gasteiger partial charge >= 0.3 is 12.1 Å². The molecule has 19 heteroatoms. The van der Waals surface area contributed by atoms with Crippen molar-refractivity contribution in [3.05, 3.63) is 281 Å². The van der Waals surface area contributed by atoms with Gasteiger partial charge in [0, 0.05) is 117 Å². The number of aromatic nitrogens is 3. The second-order valence-electron chi connectivity index (χ2n) is 21.7. The molecule has 2 N–H and O–H groups in total. The molecule has 0 radical (unpaired) electrons. The number of rotatable bonds is 13. The number of Topliss-reactive ketones (excluding diaryl/α,β-unsaturated/α-hetero) is 2.